The maximum Gasteiger partial charge on any atom is 0.573 e. The molecule has 1 rings (SSSR count). The third-order valence-corrected chi connectivity index (χ3v) is 2.66. The van der Waals surface area contributed by atoms with Crippen LogP contribution in [0.5, 0.6) is 5.75 Å². The van der Waals surface area contributed by atoms with Crippen LogP contribution in [-0.2, 0) is 0 Å². The molecular weight excluding hydrogens is 283 g/mol. The Bertz CT molecular complexity index is 428. The number of hydrogen-bond acceptors (Lipinski definition) is 5. The van der Waals surface area contributed by atoms with E-state index in [0.717, 1.165) is 12.1 Å². The number of halogens is 3. The van der Waals surface area contributed by atoms with E-state index < -0.39 is 24.3 Å². The average molecular weight is 297 g/mol. The number of benzene rings is 1. The monoisotopic (exact) mass is 297 g/mol. The summed E-state index contributed by atoms with van der Waals surface area (Å²) in [4.78, 5) is 0. The summed E-state index contributed by atoms with van der Waals surface area (Å²) >= 11 is 3.91. The molecule has 2 unspecified atom stereocenters. The fraction of sp³-hybridized carbons (Fsp3) is 0.455. The van der Waals surface area contributed by atoms with Crippen LogP contribution >= 0.6 is 12.6 Å². The number of nitrogen functional groups attached to an aromatic ring is 1. The van der Waals surface area contributed by atoms with Crippen molar-refractivity contribution < 1.29 is 28.1 Å². The van der Waals surface area contributed by atoms with E-state index in [1.807, 2.05) is 0 Å². The van der Waals surface area contributed by atoms with Crippen molar-refractivity contribution in [3.63, 3.8) is 0 Å². The average Bonchev–Trinajstić information content (AvgIpc) is 2.26. The van der Waals surface area contributed by atoms with E-state index in [-0.39, 0.29) is 17.7 Å². The molecule has 4 nitrogen and oxygen atoms in total. The molecule has 0 aliphatic carbocycles. The molecule has 0 amide bonds. The SMILES string of the molecule is Nc1cc(OC(F)(F)F)ccc1C(O)C(O)CCS. The zero-order chi connectivity index (χ0) is 14.6. The van der Waals surface area contributed by atoms with Crippen molar-refractivity contribution in [2.24, 2.45) is 0 Å². The molecule has 0 aliphatic heterocycles. The predicted molar refractivity (Wildman–Crippen MR) is 67.0 cm³/mol. The van der Waals surface area contributed by atoms with Crippen LogP contribution in [0.3, 0.4) is 0 Å². The Morgan fingerprint density at radius 2 is 1.95 bits per heavy atom. The van der Waals surface area contributed by atoms with Gasteiger partial charge in [-0.15, -0.1) is 13.2 Å². The highest BCUT2D eigenvalue weighted by atomic mass is 32.1. The number of alkyl halides is 3. The van der Waals surface area contributed by atoms with Crippen LogP contribution in [0.2, 0.25) is 0 Å². The number of anilines is 1. The first kappa shape index (κ1) is 15.9. The second-order valence-corrected chi connectivity index (χ2v) is 4.31. The smallest absolute Gasteiger partial charge is 0.406 e. The molecule has 0 aromatic heterocycles. The van der Waals surface area contributed by atoms with Crippen LogP contribution < -0.4 is 10.5 Å². The zero-order valence-electron chi connectivity index (χ0n) is 9.76. The first-order chi connectivity index (χ1) is 8.74. The van der Waals surface area contributed by atoms with E-state index in [1.54, 1.807) is 0 Å². The molecule has 108 valence electrons. The number of hydrogen-bond donors (Lipinski definition) is 4. The highest BCUT2D eigenvalue weighted by molar-refractivity contribution is 7.80. The topological polar surface area (TPSA) is 75.7 Å². The van der Waals surface area contributed by atoms with Gasteiger partial charge in [0.05, 0.1) is 6.10 Å². The van der Waals surface area contributed by atoms with Gasteiger partial charge in [0.1, 0.15) is 11.9 Å². The summed E-state index contributed by atoms with van der Waals surface area (Å²) in [6, 6.07) is 3.15. The van der Waals surface area contributed by atoms with E-state index in [2.05, 4.69) is 17.4 Å². The molecule has 0 spiro atoms. The molecule has 4 N–H and O–H groups in total. The maximum atomic E-state index is 12.0. The summed E-state index contributed by atoms with van der Waals surface area (Å²) in [6.07, 6.45) is -6.95. The van der Waals surface area contributed by atoms with Crippen LogP contribution in [0.1, 0.15) is 18.1 Å². The van der Waals surface area contributed by atoms with E-state index in [4.69, 9.17) is 5.73 Å². The Morgan fingerprint density at radius 1 is 1.32 bits per heavy atom. The molecule has 0 saturated carbocycles. The Labute approximate surface area is 113 Å². The molecule has 0 fully saturated rings. The van der Waals surface area contributed by atoms with Gasteiger partial charge in [-0.25, -0.2) is 0 Å². The summed E-state index contributed by atoms with van der Waals surface area (Å²) in [5.41, 5.74) is 5.59. The highest BCUT2D eigenvalue weighted by Crippen LogP contribution is 2.30. The van der Waals surface area contributed by atoms with Gasteiger partial charge in [0.25, 0.3) is 0 Å². The number of aliphatic hydroxyl groups is 2. The molecule has 0 bridgehead atoms. The zero-order valence-corrected chi connectivity index (χ0v) is 10.7. The molecule has 2 atom stereocenters. The molecule has 1 aromatic rings. The lowest BCUT2D eigenvalue weighted by molar-refractivity contribution is -0.274. The number of aliphatic hydroxyl groups excluding tert-OH is 2. The first-order valence-electron chi connectivity index (χ1n) is 5.36. The molecule has 19 heavy (non-hydrogen) atoms. The fourth-order valence-corrected chi connectivity index (χ4v) is 1.78. The Hall–Kier alpha value is -1.12. The van der Waals surface area contributed by atoms with Crippen molar-refractivity contribution in [2.75, 3.05) is 11.5 Å². The number of ether oxygens (including phenoxy) is 1. The number of rotatable bonds is 5. The lowest BCUT2D eigenvalue weighted by atomic mass is 10.0. The maximum absolute atomic E-state index is 12.0. The largest absolute Gasteiger partial charge is 0.573 e. The van der Waals surface area contributed by atoms with Gasteiger partial charge in [0.15, 0.2) is 0 Å². The minimum absolute atomic E-state index is 0.0903. The van der Waals surface area contributed by atoms with Crippen molar-refractivity contribution >= 4 is 18.3 Å². The van der Waals surface area contributed by atoms with Gasteiger partial charge in [-0.3, -0.25) is 0 Å². The Balaban J connectivity index is 2.88. The minimum Gasteiger partial charge on any atom is -0.406 e. The standard InChI is InChI=1S/C11H14F3NO3S/c12-11(13,14)18-6-1-2-7(8(15)5-6)10(17)9(16)3-4-19/h1-2,5,9-10,16-17,19H,3-4,15H2. The summed E-state index contributed by atoms with van der Waals surface area (Å²) < 4.78 is 39.7. The molecule has 1 aromatic carbocycles. The van der Waals surface area contributed by atoms with Crippen molar-refractivity contribution in [1.82, 2.24) is 0 Å². The van der Waals surface area contributed by atoms with Crippen LogP contribution in [0.4, 0.5) is 18.9 Å². The first-order valence-corrected chi connectivity index (χ1v) is 6.00. The second-order valence-electron chi connectivity index (χ2n) is 3.86. The summed E-state index contributed by atoms with van der Waals surface area (Å²) in [7, 11) is 0. The van der Waals surface area contributed by atoms with Gasteiger partial charge in [-0.05, 0) is 18.2 Å². The van der Waals surface area contributed by atoms with E-state index in [1.165, 1.54) is 6.07 Å². The van der Waals surface area contributed by atoms with Crippen molar-refractivity contribution in [1.29, 1.82) is 0 Å². The normalized spacial score (nSPS) is 15.1. The van der Waals surface area contributed by atoms with Gasteiger partial charge in [-0.1, -0.05) is 6.07 Å². The quantitative estimate of drug-likeness (QED) is 0.494. The Kier molecular flexibility index (Phi) is 5.33. The Morgan fingerprint density at radius 3 is 2.42 bits per heavy atom. The van der Waals surface area contributed by atoms with Gasteiger partial charge in [0.2, 0.25) is 0 Å². The van der Waals surface area contributed by atoms with E-state index in [0.29, 0.717) is 5.75 Å². The summed E-state index contributed by atoms with van der Waals surface area (Å²) in [5.74, 6) is -0.127. The van der Waals surface area contributed by atoms with Crippen molar-refractivity contribution in [3.8, 4) is 5.75 Å². The summed E-state index contributed by atoms with van der Waals surface area (Å²) in [6.45, 7) is 0. The molecule has 8 heteroatoms. The van der Waals surface area contributed by atoms with Crippen molar-refractivity contribution in [2.45, 2.75) is 25.0 Å². The fourth-order valence-electron chi connectivity index (χ4n) is 1.52. The van der Waals surface area contributed by atoms with Crippen LogP contribution in [0.15, 0.2) is 18.2 Å². The van der Waals surface area contributed by atoms with Crippen LogP contribution in [0.25, 0.3) is 0 Å². The van der Waals surface area contributed by atoms with E-state index >= 15 is 0 Å². The third-order valence-electron chi connectivity index (χ3n) is 2.40. The molecule has 0 aliphatic rings. The molecular formula is C11H14F3NO3S. The predicted octanol–water partition coefficient (Wildman–Crippen LogP) is 1.88. The van der Waals surface area contributed by atoms with Gasteiger partial charge >= 0.3 is 6.36 Å². The molecule has 0 saturated heterocycles. The highest BCUT2D eigenvalue weighted by Gasteiger charge is 2.31. The lowest BCUT2D eigenvalue weighted by Crippen LogP contribution is -2.20. The number of nitrogens with two attached hydrogens (primary N) is 1. The lowest BCUT2D eigenvalue weighted by Gasteiger charge is -2.19. The summed E-state index contributed by atoms with van der Waals surface area (Å²) in [5, 5.41) is 19.4. The van der Waals surface area contributed by atoms with Gasteiger partial charge in [0, 0.05) is 17.3 Å². The van der Waals surface area contributed by atoms with Crippen molar-refractivity contribution in [3.05, 3.63) is 23.8 Å². The van der Waals surface area contributed by atoms with E-state index in [9.17, 15) is 23.4 Å². The molecule has 0 heterocycles. The van der Waals surface area contributed by atoms with Gasteiger partial charge < -0.3 is 20.7 Å². The molecule has 0 radical (unpaired) electrons. The third kappa shape index (κ3) is 4.81. The van der Waals surface area contributed by atoms with Gasteiger partial charge in [-0.2, -0.15) is 12.6 Å². The van der Waals surface area contributed by atoms with Crippen LogP contribution in [0, 0.1) is 0 Å². The number of thiol groups is 1. The second kappa shape index (κ2) is 6.36. The van der Waals surface area contributed by atoms with Crippen LogP contribution in [-0.4, -0.2) is 28.4 Å². The minimum atomic E-state index is -4.81.